The standard InChI is InChI=1S/C8H17O2Si/c1-5-7-8(9)10-11(3,4)6-2/h7H,5-6H2,1-4H3. The van der Waals surface area contributed by atoms with E-state index >= 15 is 0 Å². The van der Waals surface area contributed by atoms with Crippen molar-refractivity contribution in [3.63, 3.8) is 0 Å². The highest BCUT2D eigenvalue weighted by molar-refractivity contribution is 6.72. The summed E-state index contributed by atoms with van der Waals surface area (Å²) in [6.07, 6.45) is 2.34. The molecule has 65 valence electrons. The molecule has 0 rings (SSSR count). The van der Waals surface area contributed by atoms with Crippen LogP contribution in [0.2, 0.25) is 19.1 Å². The van der Waals surface area contributed by atoms with Gasteiger partial charge in [0.25, 0.3) is 5.97 Å². The van der Waals surface area contributed by atoms with Crippen molar-refractivity contribution in [1.29, 1.82) is 0 Å². The number of rotatable bonds is 4. The fraction of sp³-hybridized carbons (Fsp3) is 0.750. The zero-order chi connectivity index (χ0) is 8.91. The van der Waals surface area contributed by atoms with Crippen LogP contribution in [0.3, 0.4) is 0 Å². The van der Waals surface area contributed by atoms with Crippen LogP contribution in [-0.4, -0.2) is 14.3 Å². The van der Waals surface area contributed by atoms with Gasteiger partial charge >= 0.3 is 0 Å². The van der Waals surface area contributed by atoms with Crippen molar-refractivity contribution in [3.05, 3.63) is 6.42 Å². The zero-order valence-corrected chi connectivity index (χ0v) is 8.81. The maximum absolute atomic E-state index is 11.0. The SMILES string of the molecule is CC[CH]C(=O)O[Si](C)(C)CC. The van der Waals surface area contributed by atoms with Gasteiger partial charge < -0.3 is 4.43 Å². The van der Waals surface area contributed by atoms with E-state index in [1.54, 1.807) is 6.42 Å². The molecule has 2 nitrogen and oxygen atoms in total. The second-order valence-electron chi connectivity index (χ2n) is 3.15. The first-order valence-electron chi connectivity index (χ1n) is 4.08. The maximum atomic E-state index is 11.0. The predicted octanol–water partition coefficient (Wildman–Crippen LogP) is 2.37. The molecule has 0 N–H and O–H groups in total. The summed E-state index contributed by atoms with van der Waals surface area (Å²) in [7, 11) is -1.66. The molecule has 1 radical (unpaired) electrons. The van der Waals surface area contributed by atoms with Crippen molar-refractivity contribution in [3.8, 4) is 0 Å². The molecule has 3 heteroatoms. The van der Waals surface area contributed by atoms with E-state index in [9.17, 15) is 4.79 Å². The van der Waals surface area contributed by atoms with Gasteiger partial charge in [-0.1, -0.05) is 13.8 Å². The Labute approximate surface area is 70.1 Å². The van der Waals surface area contributed by atoms with Crippen LogP contribution in [0.5, 0.6) is 0 Å². The molecule has 0 aliphatic carbocycles. The second kappa shape index (κ2) is 4.54. The molecule has 0 saturated carbocycles. The van der Waals surface area contributed by atoms with E-state index in [1.165, 1.54) is 0 Å². The lowest BCUT2D eigenvalue weighted by Gasteiger charge is -2.20. The molecule has 0 aromatic rings. The fourth-order valence-electron chi connectivity index (χ4n) is 0.553. The fourth-order valence-corrected chi connectivity index (χ4v) is 1.33. The molecular formula is C8H17O2Si. The summed E-state index contributed by atoms with van der Waals surface area (Å²) < 4.78 is 5.27. The summed E-state index contributed by atoms with van der Waals surface area (Å²) in [5.41, 5.74) is 0. The van der Waals surface area contributed by atoms with Gasteiger partial charge in [-0.15, -0.1) is 0 Å². The van der Waals surface area contributed by atoms with Crippen LogP contribution >= 0.6 is 0 Å². The normalized spacial score (nSPS) is 11.3. The topological polar surface area (TPSA) is 26.3 Å². The minimum absolute atomic E-state index is 0.147. The van der Waals surface area contributed by atoms with Gasteiger partial charge in [0, 0.05) is 0 Å². The largest absolute Gasteiger partial charge is 0.519 e. The molecular weight excluding hydrogens is 156 g/mol. The van der Waals surface area contributed by atoms with Gasteiger partial charge in [-0.25, -0.2) is 0 Å². The summed E-state index contributed by atoms with van der Waals surface area (Å²) in [4.78, 5) is 11.0. The molecule has 0 saturated heterocycles. The first kappa shape index (κ1) is 10.7. The molecule has 0 aromatic heterocycles. The average Bonchev–Trinajstić information content (AvgIpc) is 1.87. The number of hydrogen-bond donors (Lipinski definition) is 0. The van der Waals surface area contributed by atoms with Gasteiger partial charge in [-0.3, -0.25) is 4.79 Å². The predicted molar refractivity (Wildman–Crippen MR) is 48.6 cm³/mol. The monoisotopic (exact) mass is 173 g/mol. The number of carbonyl (C=O) groups is 1. The van der Waals surface area contributed by atoms with Gasteiger partial charge in [-0.2, -0.15) is 0 Å². The molecule has 0 aromatic carbocycles. The maximum Gasteiger partial charge on any atom is 0.296 e. The van der Waals surface area contributed by atoms with Crippen molar-refractivity contribution in [2.45, 2.75) is 39.4 Å². The highest BCUT2D eigenvalue weighted by Gasteiger charge is 2.23. The molecule has 0 heterocycles. The molecule has 0 unspecified atom stereocenters. The Kier molecular flexibility index (Phi) is 4.41. The Balaban J connectivity index is 3.74. The van der Waals surface area contributed by atoms with Gasteiger partial charge in [0.2, 0.25) is 8.32 Å². The second-order valence-corrected chi connectivity index (χ2v) is 7.58. The van der Waals surface area contributed by atoms with Gasteiger partial charge in [0.15, 0.2) is 0 Å². The van der Waals surface area contributed by atoms with Crippen molar-refractivity contribution in [2.75, 3.05) is 0 Å². The van der Waals surface area contributed by atoms with Gasteiger partial charge in [0.1, 0.15) is 0 Å². The first-order chi connectivity index (χ1) is 5.02. The summed E-state index contributed by atoms with van der Waals surface area (Å²) in [6, 6.07) is 0.982. The lowest BCUT2D eigenvalue weighted by molar-refractivity contribution is -0.131. The third-order valence-electron chi connectivity index (χ3n) is 1.60. The minimum Gasteiger partial charge on any atom is -0.519 e. The summed E-state index contributed by atoms with van der Waals surface area (Å²) in [5, 5.41) is 0. The molecule has 0 aliphatic rings. The molecule has 0 spiro atoms. The number of carbonyl (C=O) groups excluding carboxylic acids is 1. The van der Waals surface area contributed by atoms with Crippen LogP contribution in [0.1, 0.15) is 20.3 Å². The average molecular weight is 173 g/mol. The van der Waals surface area contributed by atoms with Crippen molar-refractivity contribution < 1.29 is 9.22 Å². The van der Waals surface area contributed by atoms with Crippen LogP contribution in [0.15, 0.2) is 0 Å². The molecule has 11 heavy (non-hydrogen) atoms. The minimum atomic E-state index is -1.66. The van der Waals surface area contributed by atoms with E-state index in [1.807, 2.05) is 6.92 Å². The Morgan fingerprint density at radius 1 is 1.45 bits per heavy atom. The van der Waals surface area contributed by atoms with E-state index in [2.05, 4.69) is 20.0 Å². The quantitative estimate of drug-likeness (QED) is 0.610. The third kappa shape index (κ3) is 5.01. The smallest absolute Gasteiger partial charge is 0.296 e. The highest BCUT2D eigenvalue weighted by atomic mass is 28.4. The van der Waals surface area contributed by atoms with E-state index in [4.69, 9.17) is 4.43 Å². The lowest BCUT2D eigenvalue weighted by Crippen LogP contribution is -2.32. The van der Waals surface area contributed by atoms with Gasteiger partial charge in [-0.05, 0) is 25.6 Å². The van der Waals surface area contributed by atoms with Crippen LogP contribution in [0.25, 0.3) is 0 Å². The van der Waals surface area contributed by atoms with Crippen molar-refractivity contribution >= 4 is 14.3 Å². The van der Waals surface area contributed by atoms with Crippen molar-refractivity contribution in [2.24, 2.45) is 0 Å². The van der Waals surface area contributed by atoms with E-state index in [-0.39, 0.29) is 5.97 Å². The Morgan fingerprint density at radius 3 is 2.36 bits per heavy atom. The van der Waals surface area contributed by atoms with E-state index in [0.717, 1.165) is 12.5 Å². The third-order valence-corrected chi connectivity index (χ3v) is 4.06. The first-order valence-corrected chi connectivity index (χ1v) is 7.19. The molecule has 0 bridgehead atoms. The van der Waals surface area contributed by atoms with E-state index in [0.29, 0.717) is 0 Å². The molecule has 0 fully saturated rings. The molecule has 0 aliphatic heterocycles. The van der Waals surface area contributed by atoms with Crippen LogP contribution in [-0.2, 0) is 9.22 Å². The van der Waals surface area contributed by atoms with Crippen LogP contribution in [0, 0.1) is 6.42 Å². The Bertz CT molecular complexity index is 132. The summed E-state index contributed by atoms with van der Waals surface area (Å²) in [5.74, 6) is -0.147. The summed E-state index contributed by atoms with van der Waals surface area (Å²) >= 11 is 0. The lowest BCUT2D eigenvalue weighted by atomic mass is 10.4. The number of hydrogen-bond acceptors (Lipinski definition) is 2. The zero-order valence-electron chi connectivity index (χ0n) is 7.81. The highest BCUT2D eigenvalue weighted by Crippen LogP contribution is 2.10. The van der Waals surface area contributed by atoms with Crippen molar-refractivity contribution in [1.82, 2.24) is 0 Å². The Morgan fingerprint density at radius 2 is 2.00 bits per heavy atom. The molecule has 0 atom stereocenters. The Hall–Kier alpha value is -0.313. The van der Waals surface area contributed by atoms with E-state index < -0.39 is 8.32 Å². The van der Waals surface area contributed by atoms with Crippen LogP contribution in [0.4, 0.5) is 0 Å². The van der Waals surface area contributed by atoms with Gasteiger partial charge in [0.05, 0.1) is 6.42 Å². The molecule has 0 amide bonds. The van der Waals surface area contributed by atoms with Crippen LogP contribution < -0.4 is 0 Å². The summed E-state index contributed by atoms with van der Waals surface area (Å²) in [6.45, 7) is 8.09.